The van der Waals surface area contributed by atoms with E-state index in [9.17, 15) is 9.59 Å². The van der Waals surface area contributed by atoms with E-state index in [1.165, 1.54) is 7.11 Å². The van der Waals surface area contributed by atoms with Gasteiger partial charge in [0.1, 0.15) is 6.04 Å². The van der Waals surface area contributed by atoms with E-state index in [-0.39, 0.29) is 5.91 Å². The van der Waals surface area contributed by atoms with Crippen LogP contribution in [0, 0.1) is 5.41 Å². The maximum absolute atomic E-state index is 12.4. The van der Waals surface area contributed by atoms with E-state index >= 15 is 0 Å². The number of hydrazine groups is 1. The van der Waals surface area contributed by atoms with E-state index < -0.39 is 17.6 Å². The SMILES string of the molecule is C=CN(/N=C\C)c1ccc(CNNC(=O)C(NC(=O)OC)C(C)(C)C)cc1. The third-order valence-corrected chi connectivity index (χ3v) is 3.69. The van der Waals surface area contributed by atoms with E-state index in [1.54, 1.807) is 17.4 Å². The molecule has 27 heavy (non-hydrogen) atoms. The summed E-state index contributed by atoms with van der Waals surface area (Å²) < 4.78 is 4.59. The molecule has 0 aromatic heterocycles. The van der Waals surface area contributed by atoms with Crippen molar-refractivity contribution in [2.75, 3.05) is 12.1 Å². The second kappa shape index (κ2) is 10.3. The number of benzene rings is 1. The van der Waals surface area contributed by atoms with E-state index in [0.717, 1.165) is 11.3 Å². The van der Waals surface area contributed by atoms with Gasteiger partial charge >= 0.3 is 6.09 Å². The topological polar surface area (TPSA) is 95.1 Å². The van der Waals surface area contributed by atoms with Crippen LogP contribution in [0.1, 0.15) is 33.3 Å². The first kappa shape index (κ1) is 22.2. The highest BCUT2D eigenvalue weighted by Crippen LogP contribution is 2.19. The average molecular weight is 375 g/mol. The minimum Gasteiger partial charge on any atom is -0.453 e. The van der Waals surface area contributed by atoms with Crippen molar-refractivity contribution in [3.05, 3.63) is 42.6 Å². The van der Waals surface area contributed by atoms with Crippen LogP contribution in [0.5, 0.6) is 0 Å². The molecule has 1 aromatic rings. The Labute approximate surface area is 160 Å². The smallest absolute Gasteiger partial charge is 0.407 e. The van der Waals surface area contributed by atoms with E-state index in [4.69, 9.17) is 0 Å². The van der Waals surface area contributed by atoms with Gasteiger partial charge in [-0.05, 0) is 30.0 Å². The molecule has 3 N–H and O–H groups in total. The molecule has 0 aliphatic heterocycles. The Morgan fingerprint density at radius 1 is 1.30 bits per heavy atom. The quantitative estimate of drug-likeness (QED) is 0.479. The summed E-state index contributed by atoms with van der Waals surface area (Å²) in [6, 6.07) is 6.91. The Morgan fingerprint density at radius 3 is 2.41 bits per heavy atom. The van der Waals surface area contributed by atoms with Crippen LogP contribution in [0.4, 0.5) is 10.5 Å². The van der Waals surface area contributed by atoms with Gasteiger partial charge in [-0.2, -0.15) is 5.10 Å². The molecular weight excluding hydrogens is 346 g/mol. The fourth-order valence-electron chi connectivity index (χ4n) is 2.27. The highest BCUT2D eigenvalue weighted by molar-refractivity contribution is 5.86. The van der Waals surface area contributed by atoms with Crippen LogP contribution < -0.4 is 21.2 Å². The predicted octanol–water partition coefficient (Wildman–Crippen LogP) is 2.53. The number of amides is 2. The van der Waals surface area contributed by atoms with Gasteiger partial charge in [-0.15, -0.1) is 0 Å². The molecule has 1 unspecified atom stereocenters. The zero-order valence-corrected chi connectivity index (χ0v) is 16.6. The molecule has 1 atom stereocenters. The van der Waals surface area contributed by atoms with Crippen LogP contribution in [0.3, 0.4) is 0 Å². The van der Waals surface area contributed by atoms with Crippen LogP contribution in [0.15, 0.2) is 42.1 Å². The van der Waals surface area contributed by atoms with Gasteiger partial charge in [0.25, 0.3) is 5.91 Å². The Hall–Kier alpha value is -2.87. The first-order valence-corrected chi connectivity index (χ1v) is 8.59. The molecule has 0 heterocycles. The van der Waals surface area contributed by atoms with Gasteiger partial charge < -0.3 is 10.1 Å². The molecule has 0 aliphatic rings. The normalized spacial score (nSPS) is 12.3. The molecular formula is C19H29N5O3. The minimum atomic E-state index is -0.743. The highest BCUT2D eigenvalue weighted by atomic mass is 16.5. The van der Waals surface area contributed by atoms with Crippen molar-refractivity contribution >= 4 is 23.9 Å². The molecule has 0 saturated carbocycles. The summed E-state index contributed by atoms with van der Waals surface area (Å²) in [5.74, 6) is -0.348. The number of rotatable bonds is 8. The number of methoxy groups -OCH3 is 1. The molecule has 8 heteroatoms. The summed E-state index contributed by atoms with van der Waals surface area (Å²) >= 11 is 0. The molecule has 0 saturated heterocycles. The van der Waals surface area contributed by atoms with Crippen molar-refractivity contribution in [2.45, 2.75) is 40.3 Å². The Bertz CT molecular complexity index is 665. The number of anilines is 1. The number of hydrazone groups is 1. The first-order valence-electron chi connectivity index (χ1n) is 8.59. The third kappa shape index (κ3) is 7.10. The molecule has 1 aromatic carbocycles. The van der Waals surface area contributed by atoms with Crippen molar-refractivity contribution in [1.29, 1.82) is 0 Å². The maximum atomic E-state index is 12.4. The van der Waals surface area contributed by atoms with E-state index in [0.29, 0.717) is 6.54 Å². The Balaban J connectivity index is 2.63. The molecule has 0 spiro atoms. The molecule has 148 valence electrons. The van der Waals surface area contributed by atoms with Crippen LogP contribution >= 0.6 is 0 Å². The Kier molecular flexibility index (Phi) is 8.47. The van der Waals surface area contributed by atoms with Gasteiger partial charge in [-0.25, -0.2) is 15.2 Å². The van der Waals surface area contributed by atoms with Gasteiger partial charge in [0.15, 0.2) is 0 Å². The second-order valence-electron chi connectivity index (χ2n) is 6.85. The number of carbonyl (C=O) groups is 2. The number of nitrogens with one attached hydrogen (secondary N) is 3. The summed E-state index contributed by atoms with van der Waals surface area (Å²) in [6.07, 6.45) is 2.65. The van der Waals surface area contributed by atoms with Gasteiger partial charge in [0, 0.05) is 19.0 Å². The zero-order valence-electron chi connectivity index (χ0n) is 16.6. The van der Waals surface area contributed by atoms with Gasteiger partial charge in [-0.1, -0.05) is 39.5 Å². The molecule has 8 nitrogen and oxygen atoms in total. The lowest BCUT2D eigenvalue weighted by atomic mass is 9.86. The summed E-state index contributed by atoms with van der Waals surface area (Å²) in [4.78, 5) is 23.9. The van der Waals surface area contributed by atoms with Crippen LogP contribution in [-0.4, -0.2) is 31.4 Å². The standard InChI is InChI=1S/C19H29N5O3/c1-7-21-24(8-2)15-11-9-14(10-12-15)13-20-23-17(25)16(19(3,4)5)22-18(26)27-6/h7-12,16,20H,2,13H2,1,3-6H3,(H,22,26)(H,23,25)/b21-7-. The van der Waals surface area contributed by atoms with Crippen molar-refractivity contribution in [1.82, 2.24) is 16.2 Å². The number of hydrogen-bond donors (Lipinski definition) is 3. The monoisotopic (exact) mass is 375 g/mol. The largest absolute Gasteiger partial charge is 0.453 e. The minimum absolute atomic E-state index is 0.348. The van der Waals surface area contributed by atoms with Crippen LogP contribution in [-0.2, 0) is 16.1 Å². The molecule has 1 rings (SSSR count). The van der Waals surface area contributed by atoms with Gasteiger partial charge in [-0.3, -0.25) is 10.2 Å². The van der Waals surface area contributed by atoms with Crippen molar-refractivity contribution in [3.8, 4) is 0 Å². The number of hydrogen-bond acceptors (Lipinski definition) is 6. The second-order valence-corrected chi connectivity index (χ2v) is 6.85. The fraction of sp³-hybridized carbons (Fsp3) is 0.421. The molecule has 0 bridgehead atoms. The van der Waals surface area contributed by atoms with E-state index in [2.05, 4.69) is 32.6 Å². The molecule has 2 amide bonds. The molecule has 0 aliphatic carbocycles. The summed E-state index contributed by atoms with van der Waals surface area (Å²) in [5, 5.41) is 8.38. The predicted molar refractivity (Wildman–Crippen MR) is 107 cm³/mol. The average Bonchev–Trinajstić information content (AvgIpc) is 2.63. The van der Waals surface area contributed by atoms with Gasteiger partial charge in [0.05, 0.1) is 12.8 Å². The first-order chi connectivity index (χ1) is 12.7. The Morgan fingerprint density at radius 2 is 1.93 bits per heavy atom. The number of ether oxygens (including phenoxy) is 1. The summed E-state index contributed by atoms with van der Waals surface area (Å²) in [6.45, 7) is 11.5. The van der Waals surface area contributed by atoms with Crippen molar-refractivity contribution in [3.63, 3.8) is 0 Å². The lowest BCUT2D eigenvalue weighted by Gasteiger charge is -2.29. The van der Waals surface area contributed by atoms with E-state index in [1.807, 2.05) is 52.0 Å². The maximum Gasteiger partial charge on any atom is 0.407 e. The summed E-state index contributed by atoms with van der Waals surface area (Å²) in [7, 11) is 1.26. The lowest BCUT2D eigenvalue weighted by molar-refractivity contribution is -0.126. The lowest BCUT2D eigenvalue weighted by Crippen LogP contribution is -2.56. The third-order valence-electron chi connectivity index (χ3n) is 3.69. The highest BCUT2D eigenvalue weighted by Gasteiger charge is 2.33. The number of alkyl carbamates (subject to hydrolysis) is 1. The molecule has 0 fully saturated rings. The summed E-state index contributed by atoms with van der Waals surface area (Å²) in [5.41, 5.74) is 6.88. The zero-order chi connectivity index (χ0) is 20.4. The van der Waals surface area contributed by atoms with Gasteiger partial charge in [0.2, 0.25) is 0 Å². The van der Waals surface area contributed by atoms with Crippen LogP contribution in [0.2, 0.25) is 0 Å². The molecule has 0 radical (unpaired) electrons. The number of nitrogens with zero attached hydrogens (tertiary/aromatic N) is 2. The number of carbonyl (C=O) groups excluding carboxylic acids is 2. The fourth-order valence-corrected chi connectivity index (χ4v) is 2.27. The van der Waals surface area contributed by atoms with Crippen LogP contribution in [0.25, 0.3) is 0 Å². The van der Waals surface area contributed by atoms with Crippen molar-refractivity contribution < 1.29 is 14.3 Å². The van der Waals surface area contributed by atoms with Crippen molar-refractivity contribution in [2.24, 2.45) is 10.5 Å².